The zero-order valence-corrected chi connectivity index (χ0v) is 23.4. The molecule has 2 amide bonds. The number of aromatic nitrogens is 3. The highest BCUT2D eigenvalue weighted by Crippen LogP contribution is 2.39. The quantitative estimate of drug-likeness (QED) is 0.323. The van der Waals surface area contributed by atoms with Crippen molar-refractivity contribution in [3.8, 4) is 11.4 Å². The van der Waals surface area contributed by atoms with E-state index in [0.29, 0.717) is 29.5 Å². The SMILES string of the molecule is CC(C)(C)OC(=O)N1CCN(c2ccc3c(N4CCc5cc(Cl)ccc54)nc(-c4cccnc4)nc3c2)C(=O)C1. The summed E-state index contributed by atoms with van der Waals surface area (Å²) in [6, 6.07) is 15.5. The maximum Gasteiger partial charge on any atom is 0.410 e. The van der Waals surface area contributed by atoms with Crippen molar-refractivity contribution in [2.45, 2.75) is 32.8 Å². The van der Waals surface area contributed by atoms with E-state index in [1.807, 2.05) is 69.3 Å². The summed E-state index contributed by atoms with van der Waals surface area (Å²) in [6.45, 7) is 6.88. The van der Waals surface area contributed by atoms with Gasteiger partial charge in [-0.05, 0) is 81.3 Å². The maximum absolute atomic E-state index is 13.2. The van der Waals surface area contributed by atoms with Crippen molar-refractivity contribution in [1.29, 1.82) is 0 Å². The number of hydrogen-bond donors (Lipinski definition) is 0. The van der Waals surface area contributed by atoms with Crippen molar-refractivity contribution in [1.82, 2.24) is 19.9 Å². The standard InChI is InChI=1S/C30H29ClN6O3/c1-30(2,3)40-29(39)35-13-14-36(26(38)18-35)22-7-8-23-24(16-22)33-27(20-5-4-11-32-17-20)34-28(23)37-12-10-19-15-21(31)6-9-25(19)37/h4-9,11,15-17H,10,12-14,18H2,1-3H3. The zero-order valence-electron chi connectivity index (χ0n) is 22.6. The summed E-state index contributed by atoms with van der Waals surface area (Å²) in [4.78, 5) is 45.1. The topological polar surface area (TPSA) is 91.8 Å². The molecule has 2 aliphatic heterocycles. The number of carbonyl (C=O) groups excluding carboxylic acids is 2. The Morgan fingerprint density at radius 1 is 1.00 bits per heavy atom. The highest BCUT2D eigenvalue weighted by Gasteiger charge is 2.31. The van der Waals surface area contributed by atoms with Gasteiger partial charge in [-0.2, -0.15) is 0 Å². The fourth-order valence-electron chi connectivity index (χ4n) is 5.12. The summed E-state index contributed by atoms with van der Waals surface area (Å²) in [5.74, 6) is 1.16. The van der Waals surface area contributed by atoms with Crippen LogP contribution in [-0.4, -0.2) is 63.6 Å². The first kappa shape index (κ1) is 26.0. The van der Waals surface area contributed by atoms with Gasteiger partial charge in [0.15, 0.2) is 5.82 Å². The van der Waals surface area contributed by atoms with Gasteiger partial charge in [-0.3, -0.25) is 14.7 Å². The highest BCUT2D eigenvalue weighted by molar-refractivity contribution is 6.30. The third-order valence-corrected chi connectivity index (χ3v) is 7.19. The smallest absolute Gasteiger partial charge is 0.410 e. The summed E-state index contributed by atoms with van der Waals surface area (Å²) in [6.07, 6.45) is 3.83. The Balaban J connectivity index is 1.37. The number of benzene rings is 2. The number of rotatable bonds is 3. The summed E-state index contributed by atoms with van der Waals surface area (Å²) < 4.78 is 5.45. The van der Waals surface area contributed by atoms with Gasteiger partial charge in [0.25, 0.3) is 0 Å². The van der Waals surface area contributed by atoms with Crippen LogP contribution in [0.25, 0.3) is 22.3 Å². The van der Waals surface area contributed by atoms with Crippen molar-refractivity contribution in [2.24, 2.45) is 0 Å². The molecule has 0 spiro atoms. The normalized spacial score (nSPS) is 15.5. The van der Waals surface area contributed by atoms with Gasteiger partial charge in [0, 0.05) is 59.4 Å². The minimum Gasteiger partial charge on any atom is -0.444 e. The maximum atomic E-state index is 13.2. The first-order chi connectivity index (χ1) is 19.2. The lowest BCUT2D eigenvalue weighted by atomic mass is 10.1. The van der Waals surface area contributed by atoms with Gasteiger partial charge < -0.3 is 14.5 Å². The van der Waals surface area contributed by atoms with E-state index in [9.17, 15) is 9.59 Å². The Labute approximate surface area is 237 Å². The largest absolute Gasteiger partial charge is 0.444 e. The first-order valence-corrected chi connectivity index (χ1v) is 13.6. The molecule has 1 fully saturated rings. The van der Waals surface area contributed by atoms with E-state index in [-0.39, 0.29) is 12.5 Å². The van der Waals surface area contributed by atoms with E-state index in [4.69, 9.17) is 26.3 Å². The van der Waals surface area contributed by atoms with Crippen LogP contribution in [0.15, 0.2) is 60.9 Å². The second-order valence-electron chi connectivity index (χ2n) is 10.9. The number of piperazine rings is 1. The number of hydrogen-bond acceptors (Lipinski definition) is 7. The minimum atomic E-state index is -0.624. The number of amides is 2. The molecule has 10 heteroatoms. The molecule has 2 aromatic carbocycles. The second kappa shape index (κ2) is 10.1. The third-order valence-electron chi connectivity index (χ3n) is 6.96. The van der Waals surface area contributed by atoms with Gasteiger partial charge >= 0.3 is 6.09 Å². The lowest BCUT2D eigenvalue weighted by Crippen LogP contribution is -2.53. The Kier molecular flexibility index (Phi) is 6.54. The van der Waals surface area contributed by atoms with E-state index in [1.165, 1.54) is 10.5 Å². The molecular formula is C30H29ClN6O3. The molecule has 2 aromatic heterocycles. The Morgan fingerprint density at radius 3 is 2.60 bits per heavy atom. The molecule has 204 valence electrons. The van der Waals surface area contributed by atoms with Gasteiger partial charge in [-0.1, -0.05) is 11.6 Å². The van der Waals surface area contributed by atoms with Crippen LogP contribution < -0.4 is 9.80 Å². The van der Waals surface area contributed by atoms with Gasteiger partial charge in [-0.25, -0.2) is 14.8 Å². The summed E-state index contributed by atoms with van der Waals surface area (Å²) in [7, 11) is 0. The van der Waals surface area contributed by atoms with Crippen LogP contribution in [0.3, 0.4) is 0 Å². The minimum absolute atomic E-state index is 0.0456. The third kappa shape index (κ3) is 5.04. The molecule has 0 unspecified atom stereocenters. The van der Waals surface area contributed by atoms with E-state index in [0.717, 1.165) is 41.1 Å². The fourth-order valence-corrected chi connectivity index (χ4v) is 5.31. The van der Waals surface area contributed by atoms with Crippen LogP contribution in [0, 0.1) is 0 Å². The molecule has 4 heterocycles. The molecule has 4 aromatic rings. The number of fused-ring (bicyclic) bond motifs is 2. The van der Waals surface area contributed by atoms with Crippen LogP contribution in [0.4, 0.5) is 22.0 Å². The van der Waals surface area contributed by atoms with Gasteiger partial charge in [-0.15, -0.1) is 0 Å². The number of pyridine rings is 1. The van der Waals surface area contributed by atoms with Crippen LogP contribution in [0.1, 0.15) is 26.3 Å². The number of carbonyl (C=O) groups is 2. The van der Waals surface area contributed by atoms with Crippen molar-refractivity contribution >= 4 is 51.7 Å². The van der Waals surface area contributed by atoms with Crippen LogP contribution in [-0.2, 0) is 16.0 Å². The van der Waals surface area contributed by atoms with Crippen LogP contribution >= 0.6 is 11.6 Å². The number of halogens is 1. The van der Waals surface area contributed by atoms with E-state index in [1.54, 1.807) is 17.3 Å². The van der Waals surface area contributed by atoms with E-state index in [2.05, 4.69) is 9.88 Å². The molecule has 0 radical (unpaired) electrons. The Bertz CT molecular complexity index is 1620. The summed E-state index contributed by atoms with van der Waals surface area (Å²) >= 11 is 6.26. The lowest BCUT2D eigenvalue weighted by Gasteiger charge is -2.35. The summed E-state index contributed by atoms with van der Waals surface area (Å²) in [5, 5.41) is 1.59. The number of ether oxygens (including phenoxy) is 1. The first-order valence-electron chi connectivity index (χ1n) is 13.2. The lowest BCUT2D eigenvalue weighted by molar-refractivity contribution is -0.121. The van der Waals surface area contributed by atoms with Crippen LogP contribution in [0.5, 0.6) is 0 Å². The Morgan fingerprint density at radius 2 is 1.85 bits per heavy atom. The molecule has 0 bridgehead atoms. The highest BCUT2D eigenvalue weighted by atomic mass is 35.5. The summed E-state index contributed by atoms with van der Waals surface area (Å²) in [5.41, 5.74) is 3.85. The Hall–Kier alpha value is -4.24. The molecule has 0 atom stereocenters. The molecule has 9 nitrogen and oxygen atoms in total. The van der Waals surface area contributed by atoms with Crippen molar-refractivity contribution in [3.05, 3.63) is 71.5 Å². The number of anilines is 3. The average molecular weight is 557 g/mol. The van der Waals surface area contributed by atoms with E-state index < -0.39 is 11.7 Å². The van der Waals surface area contributed by atoms with Crippen molar-refractivity contribution in [2.75, 3.05) is 36.0 Å². The van der Waals surface area contributed by atoms with Crippen molar-refractivity contribution in [3.63, 3.8) is 0 Å². The van der Waals surface area contributed by atoms with E-state index >= 15 is 0 Å². The number of nitrogens with zero attached hydrogens (tertiary/aromatic N) is 6. The molecule has 0 saturated carbocycles. The zero-order chi connectivity index (χ0) is 28.0. The fraction of sp³-hybridized carbons (Fsp3) is 0.300. The van der Waals surface area contributed by atoms with Crippen LogP contribution in [0.2, 0.25) is 5.02 Å². The van der Waals surface area contributed by atoms with Crippen molar-refractivity contribution < 1.29 is 14.3 Å². The molecule has 1 saturated heterocycles. The van der Waals surface area contributed by atoms with Gasteiger partial charge in [0.2, 0.25) is 5.91 Å². The molecule has 0 N–H and O–H groups in total. The van der Waals surface area contributed by atoms with Gasteiger partial charge in [0.05, 0.1) is 5.52 Å². The molecular weight excluding hydrogens is 528 g/mol. The molecule has 2 aliphatic rings. The van der Waals surface area contributed by atoms with Gasteiger partial charge in [0.1, 0.15) is 18.0 Å². The second-order valence-corrected chi connectivity index (χ2v) is 11.4. The molecule has 6 rings (SSSR count). The monoisotopic (exact) mass is 556 g/mol. The predicted octanol–water partition coefficient (Wildman–Crippen LogP) is 5.62. The molecule has 0 aliphatic carbocycles. The molecule has 40 heavy (non-hydrogen) atoms. The predicted molar refractivity (Wildman–Crippen MR) is 155 cm³/mol. The average Bonchev–Trinajstić information content (AvgIpc) is 3.34.